The molecule has 0 bridgehead atoms. The van der Waals surface area contributed by atoms with E-state index in [0.717, 1.165) is 55.0 Å². The Balaban J connectivity index is 1.48. The highest BCUT2D eigenvalue weighted by atomic mass is 35.5. The molecule has 0 aliphatic carbocycles. The van der Waals surface area contributed by atoms with E-state index < -0.39 is 11.7 Å². The number of anilines is 3. The van der Waals surface area contributed by atoms with Crippen molar-refractivity contribution >= 4 is 52.1 Å². The molecule has 2 aliphatic heterocycles. The number of alkyl halides is 3. The largest absolute Gasteiger partial charge is 0.416 e. The van der Waals surface area contributed by atoms with Crippen molar-refractivity contribution in [3.8, 4) is 0 Å². The van der Waals surface area contributed by atoms with E-state index in [2.05, 4.69) is 10.2 Å². The normalized spacial score (nSPS) is 15.4. The summed E-state index contributed by atoms with van der Waals surface area (Å²) in [4.78, 5) is 16.3. The van der Waals surface area contributed by atoms with Crippen molar-refractivity contribution in [3.63, 3.8) is 0 Å². The van der Waals surface area contributed by atoms with Gasteiger partial charge in [-0.25, -0.2) is 4.98 Å². The maximum atomic E-state index is 12.9. The van der Waals surface area contributed by atoms with Crippen LogP contribution in [0.1, 0.15) is 29.7 Å². The Morgan fingerprint density at radius 1 is 0.941 bits per heavy atom. The second kappa shape index (κ2) is 9.07. The summed E-state index contributed by atoms with van der Waals surface area (Å²) in [5.74, 6) is 1.06. The van der Waals surface area contributed by atoms with Crippen molar-refractivity contribution < 1.29 is 13.2 Å². The van der Waals surface area contributed by atoms with Crippen LogP contribution in [0, 0.1) is 0 Å². The molecule has 1 aromatic heterocycles. The predicted octanol–water partition coefficient (Wildman–Crippen LogP) is 7.02. The van der Waals surface area contributed by atoms with Gasteiger partial charge < -0.3 is 10.2 Å². The highest BCUT2D eigenvalue weighted by Gasteiger charge is 2.30. The van der Waals surface area contributed by atoms with Gasteiger partial charge in [-0.05, 0) is 54.8 Å². The van der Waals surface area contributed by atoms with Crippen molar-refractivity contribution in [1.82, 2.24) is 9.97 Å². The average Bonchev–Trinajstić information content (AvgIpc) is 3.46. The summed E-state index contributed by atoms with van der Waals surface area (Å²) < 4.78 is 38.8. The minimum atomic E-state index is -4.39. The summed E-state index contributed by atoms with van der Waals surface area (Å²) in [7, 11) is 0. The maximum absolute atomic E-state index is 12.9. The smallest absolute Gasteiger partial charge is 0.341 e. The minimum absolute atomic E-state index is 0.465. The van der Waals surface area contributed by atoms with E-state index in [4.69, 9.17) is 38.2 Å². The van der Waals surface area contributed by atoms with Gasteiger partial charge in [-0.15, -0.1) is 0 Å². The molecule has 3 heterocycles. The Hall–Kier alpha value is -2.84. The summed E-state index contributed by atoms with van der Waals surface area (Å²) in [6.45, 7) is 1.73. The zero-order chi connectivity index (χ0) is 23.9. The molecule has 0 spiro atoms. The molecule has 3 aromatic rings. The van der Waals surface area contributed by atoms with Crippen molar-refractivity contribution in [2.24, 2.45) is 4.99 Å². The first kappa shape index (κ1) is 22.9. The number of fused-ring (bicyclic) bond motifs is 1. The van der Waals surface area contributed by atoms with E-state index >= 15 is 0 Å². The number of aromatic nitrogens is 2. The van der Waals surface area contributed by atoms with Gasteiger partial charge in [0.2, 0.25) is 5.95 Å². The molecule has 0 amide bonds. The number of nitrogens with one attached hydrogen (secondary N) is 1. The van der Waals surface area contributed by atoms with Gasteiger partial charge in [0.15, 0.2) is 5.82 Å². The lowest BCUT2D eigenvalue weighted by Crippen LogP contribution is -2.21. The third-order valence-electron chi connectivity index (χ3n) is 5.89. The van der Waals surface area contributed by atoms with E-state index in [9.17, 15) is 13.2 Å². The lowest BCUT2D eigenvalue weighted by molar-refractivity contribution is -0.137. The Morgan fingerprint density at radius 3 is 2.26 bits per heavy atom. The molecule has 176 valence electrons. The fourth-order valence-corrected chi connectivity index (χ4v) is 4.68. The predicted molar refractivity (Wildman–Crippen MR) is 129 cm³/mol. The van der Waals surface area contributed by atoms with E-state index in [1.807, 2.05) is 0 Å². The monoisotopic (exact) mass is 505 g/mol. The third kappa shape index (κ3) is 4.70. The zero-order valence-electron chi connectivity index (χ0n) is 18.0. The SMILES string of the molecule is FC(F)(F)c1ccc(Nc2nc(N3CCCC3)nc3c2N=C(Cc2c(Cl)cccc2Cl)C3)cc1. The quantitative estimate of drug-likeness (QED) is 0.404. The second-order valence-electron chi connectivity index (χ2n) is 8.29. The van der Waals surface area contributed by atoms with Crippen LogP contribution in [0.15, 0.2) is 47.5 Å². The maximum Gasteiger partial charge on any atom is 0.416 e. The average molecular weight is 506 g/mol. The Labute approximate surface area is 204 Å². The number of halogens is 5. The highest BCUT2D eigenvalue weighted by molar-refractivity contribution is 6.36. The third-order valence-corrected chi connectivity index (χ3v) is 6.60. The molecule has 34 heavy (non-hydrogen) atoms. The Morgan fingerprint density at radius 2 is 1.62 bits per heavy atom. The Bertz CT molecular complexity index is 1230. The van der Waals surface area contributed by atoms with Crippen molar-refractivity contribution in [3.05, 3.63) is 69.3 Å². The molecule has 0 radical (unpaired) electrons. The summed E-state index contributed by atoms with van der Waals surface area (Å²) in [5.41, 5.74) is 2.76. The van der Waals surface area contributed by atoms with E-state index in [-0.39, 0.29) is 0 Å². The van der Waals surface area contributed by atoms with E-state index in [1.165, 1.54) is 12.1 Å². The highest BCUT2D eigenvalue weighted by Crippen LogP contribution is 2.38. The van der Waals surface area contributed by atoms with Crippen molar-refractivity contribution in [2.75, 3.05) is 23.3 Å². The van der Waals surface area contributed by atoms with Crippen LogP contribution in [-0.4, -0.2) is 28.8 Å². The van der Waals surface area contributed by atoms with Crippen LogP contribution in [0.2, 0.25) is 10.0 Å². The topological polar surface area (TPSA) is 53.4 Å². The van der Waals surface area contributed by atoms with Crippen LogP contribution in [-0.2, 0) is 19.0 Å². The standard InChI is InChI=1S/C24H20Cl2F3N5/c25-18-4-3-5-19(26)17(18)12-16-13-20-21(30-16)22(33-23(32-20)34-10-1-2-11-34)31-15-8-6-14(7-9-15)24(27,28)29/h3-9H,1-2,10-13H2,(H,31,32,33). The first-order valence-electron chi connectivity index (χ1n) is 10.9. The van der Waals surface area contributed by atoms with Gasteiger partial charge in [0.1, 0.15) is 5.69 Å². The van der Waals surface area contributed by atoms with Crippen molar-refractivity contribution in [1.29, 1.82) is 0 Å². The van der Waals surface area contributed by atoms with Gasteiger partial charge in [0.25, 0.3) is 0 Å². The molecule has 1 fully saturated rings. The van der Waals surface area contributed by atoms with Crippen molar-refractivity contribution in [2.45, 2.75) is 31.9 Å². The van der Waals surface area contributed by atoms with Crippen LogP contribution in [0.3, 0.4) is 0 Å². The number of benzene rings is 2. The number of nitrogens with zero attached hydrogens (tertiary/aromatic N) is 4. The summed E-state index contributed by atoms with van der Waals surface area (Å²) in [6.07, 6.45) is -1.28. The lowest BCUT2D eigenvalue weighted by Gasteiger charge is -2.18. The van der Waals surface area contributed by atoms with Crippen LogP contribution in [0.4, 0.5) is 36.3 Å². The lowest BCUT2D eigenvalue weighted by atomic mass is 10.1. The summed E-state index contributed by atoms with van der Waals surface area (Å²) in [5, 5.41) is 4.29. The van der Waals surface area contributed by atoms with Crippen LogP contribution in [0.5, 0.6) is 0 Å². The minimum Gasteiger partial charge on any atom is -0.341 e. The second-order valence-corrected chi connectivity index (χ2v) is 9.11. The molecule has 2 aromatic carbocycles. The molecular formula is C24H20Cl2F3N5. The van der Waals surface area contributed by atoms with Gasteiger partial charge >= 0.3 is 6.18 Å². The van der Waals surface area contributed by atoms with E-state index in [1.54, 1.807) is 18.2 Å². The molecule has 5 rings (SSSR count). The molecule has 0 unspecified atom stereocenters. The zero-order valence-corrected chi connectivity index (χ0v) is 19.5. The van der Waals surface area contributed by atoms with Crippen LogP contribution >= 0.6 is 23.2 Å². The first-order chi connectivity index (χ1) is 16.3. The molecule has 0 saturated carbocycles. The molecule has 1 N–H and O–H groups in total. The summed E-state index contributed by atoms with van der Waals surface area (Å²) in [6, 6.07) is 10.2. The number of hydrogen-bond acceptors (Lipinski definition) is 5. The fraction of sp³-hybridized carbons (Fsp3) is 0.292. The molecule has 1 saturated heterocycles. The van der Waals surface area contributed by atoms with Crippen LogP contribution in [0.25, 0.3) is 0 Å². The number of hydrogen-bond donors (Lipinski definition) is 1. The van der Waals surface area contributed by atoms with Gasteiger partial charge in [-0.2, -0.15) is 18.2 Å². The van der Waals surface area contributed by atoms with Gasteiger partial charge in [0, 0.05) is 47.4 Å². The molecule has 10 heteroatoms. The molecular weight excluding hydrogens is 486 g/mol. The van der Waals surface area contributed by atoms with Crippen LogP contribution < -0.4 is 10.2 Å². The van der Waals surface area contributed by atoms with E-state index in [0.29, 0.717) is 46.0 Å². The van der Waals surface area contributed by atoms with Gasteiger partial charge in [-0.3, -0.25) is 4.99 Å². The van der Waals surface area contributed by atoms with Gasteiger partial charge in [-0.1, -0.05) is 29.3 Å². The first-order valence-corrected chi connectivity index (χ1v) is 11.6. The van der Waals surface area contributed by atoms with Gasteiger partial charge in [0.05, 0.1) is 11.3 Å². The fourth-order valence-electron chi connectivity index (χ4n) is 4.15. The molecule has 0 atom stereocenters. The number of aliphatic imine (C=N–C) groups is 1. The summed E-state index contributed by atoms with van der Waals surface area (Å²) >= 11 is 12.7. The number of rotatable bonds is 5. The Kier molecular flexibility index (Phi) is 6.12. The molecule has 5 nitrogen and oxygen atoms in total. The molecule has 2 aliphatic rings.